The molecule has 0 radical (unpaired) electrons. The van der Waals surface area contributed by atoms with E-state index in [0.29, 0.717) is 5.92 Å². The Morgan fingerprint density at radius 3 is 2.40 bits per heavy atom. The zero-order valence-electron chi connectivity index (χ0n) is 11.8. The molecule has 3 nitrogen and oxygen atoms in total. The number of carbonyl (C=O) groups is 1. The Morgan fingerprint density at radius 2 is 1.80 bits per heavy atom. The highest BCUT2D eigenvalue weighted by atomic mass is 16.5. The fourth-order valence-corrected chi connectivity index (χ4v) is 2.87. The van der Waals surface area contributed by atoms with Gasteiger partial charge in [-0.25, -0.2) is 0 Å². The van der Waals surface area contributed by atoms with Gasteiger partial charge in [0.1, 0.15) is 5.75 Å². The summed E-state index contributed by atoms with van der Waals surface area (Å²) >= 11 is 0. The van der Waals surface area contributed by atoms with E-state index in [0.717, 1.165) is 34.9 Å². The van der Waals surface area contributed by atoms with Gasteiger partial charge in [0.15, 0.2) is 0 Å². The van der Waals surface area contributed by atoms with E-state index in [1.54, 1.807) is 7.11 Å². The Hall–Kier alpha value is -2.03. The molecule has 0 spiro atoms. The molecule has 3 heteroatoms. The average Bonchev–Trinajstić information content (AvgIpc) is 3.32. The Balaban J connectivity index is 2.17. The first-order valence-electron chi connectivity index (χ1n) is 6.89. The van der Waals surface area contributed by atoms with E-state index in [1.807, 2.05) is 36.4 Å². The number of ether oxygens (including phenoxy) is 2. The molecule has 1 saturated carbocycles. The van der Waals surface area contributed by atoms with Crippen LogP contribution in [0.25, 0.3) is 10.8 Å². The fourth-order valence-electron chi connectivity index (χ4n) is 2.87. The lowest BCUT2D eigenvalue weighted by molar-refractivity contribution is -0.142. The summed E-state index contributed by atoms with van der Waals surface area (Å²) < 4.78 is 10.4. The molecule has 0 bridgehead atoms. The third-order valence-corrected chi connectivity index (χ3v) is 4.02. The van der Waals surface area contributed by atoms with Gasteiger partial charge >= 0.3 is 5.97 Å². The monoisotopic (exact) mass is 270 g/mol. The van der Waals surface area contributed by atoms with E-state index in [9.17, 15) is 4.79 Å². The van der Waals surface area contributed by atoms with E-state index < -0.39 is 0 Å². The average molecular weight is 270 g/mol. The number of rotatable bonds is 4. The summed E-state index contributed by atoms with van der Waals surface area (Å²) in [6.45, 7) is 0. The van der Waals surface area contributed by atoms with Crippen molar-refractivity contribution in [1.29, 1.82) is 0 Å². The van der Waals surface area contributed by atoms with Crippen molar-refractivity contribution in [2.45, 2.75) is 18.8 Å². The highest BCUT2D eigenvalue weighted by molar-refractivity contribution is 5.95. The minimum atomic E-state index is -0.157. The van der Waals surface area contributed by atoms with Gasteiger partial charge in [0.2, 0.25) is 0 Å². The highest BCUT2D eigenvalue weighted by Gasteiger charge is 2.38. The second-order valence-electron chi connectivity index (χ2n) is 5.24. The normalized spacial score (nSPS) is 15.9. The molecule has 2 aromatic carbocycles. The molecular weight excluding hydrogens is 252 g/mol. The first kappa shape index (κ1) is 13.0. The Morgan fingerprint density at radius 1 is 1.10 bits per heavy atom. The van der Waals surface area contributed by atoms with Crippen molar-refractivity contribution in [3.05, 3.63) is 42.0 Å². The minimum Gasteiger partial charge on any atom is -0.496 e. The Labute approximate surface area is 118 Å². The summed E-state index contributed by atoms with van der Waals surface area (Å²) in [5.41, 5.74) is 1.05. The van der Waals surface area contributed by atoms with Crippen molar-refractivity contribution < 1.29 is 14.3 Å². The van der Waals surface area contributed by atoms with Crippen LogP contribution in [-0.2, 0) is 9.53 Å². The van der Waals surface area contributed by atoms with E-state index in [1.165, 1.54) is 7.11 Å². The number of esters is 1. The third kappa shape index (κ3) is 2.13. The van der Waals surface area contributed by atoms with Gasteiger partial charge in [-0.1, -0.05) is 30.3 Å². The Kier molecular flexibility index (Phi) is 3.35. The van der Waals surface area contributed by atoms with Gasteiger partial charge in [0.05, 0.1) is 20.1 Å². The van der Waals surface area contributed by atoms with Crippen molar-refractivity contribution in [3.63, 3.8) is 0 Å². The molecule has 0 aromatic heterocycles. The zero-order chi connectivity index (χ0) is 14.1. The summed E-state index contributed by atoms with van der Waals surface area (Å²) in [5, 5.41) is 2.12. The van der Waals surface area contributed by atoms with Crippen molar-refractivity contribution >= 4 is 16.7 Å². The van der Waals surface area contributed by atoms with Gasteiger partial charge in [-0.2, -0.15) is 0 Å². The standard InChI is InChI=1S/C17H18O3/c1-19-15-10-9-14(12-5-3-4-6-13(12)15)16(11-7-8-11)17(18)20-2/h3-6,9-11,16H,7-8H2,1-2H3. The summed E-state index contributed by atoms with van der Waals surface area (Å²) in [6, 6.07) is 12.0. The zero-order valence-corrected chi connectivity index (χ0v) is 11.8. The molecular formula is C17H18O3. The number of methoxy groups -OCH3 is 2. The molecule has 1 fully saturated rings. The summed E-state index contributed by atoms with van der Waals surface area (Å²) in [5.74, 6) is 0.960. The molecule has 20 heavy (non-hydrogen) atoms. The van der Waals surface area contributed by atoms with Crippen LogP contribution in [0.1, 0.15) is 24.3 Å². The first-order valence-corrected chi connectivity index (χ1v) is 6.89. The number of hydrogen-bond acceptors (Lipinski definition) is 3. The fraction of sp³-hybridized carbons (Fsp3) is 0.353. The van der Waals surface area contributed by atoms with Crippen LogP contribution in [0.5, 0.6) is 5.75 Å². The smallest absolute Gasteiger partial charge is 0.313 e. The molecule has 0 N–H and O–H groups in total. The SMILES string of the molecule is COC(=O)C(c1ccc(OC)c2ccccc12)C1CC1. The third-order valence-electron chi connectivity index (χ3n) is 4.02. The molecule has 1 aliphatic rings. The number of hydrogen-bond donors (Lipinski definition) is 0. The van der Waals surface area contributed by atoms with Gasteiger partial charge in [0, 0.05) is 5.39 Å². The van der Waals surface area contributed by atoms with Crippen LogP contribution in [0, 0.1) is 5.92 Å². The topological polar surface area (TPSA) is 35.5 Å². The maximum Gasteiger partial charge on any atom is 0.313 e. The highest BCUT2D eigenvalue weighted by Crippen LogP contribution is 2.46. The Bertz CT molecular complexity index is 644. The first-order chi connectivity index (χ1) is 9.76. The van der Waals surface area contributed by atoms with Crippen molar-refractivity contribution in [3.8, 4) is 5.75 Å². The van der Waals surface area contributed by atoms with Crippen LogP contribution in [0.4, 0.5) is 0 Å². The molecule has 3 rings (SSSR count). The van der Waals surface area contributed by atoms with Gasteiger partial charge in [-0.15, -0.1) is 0 Å². The molecule has 104 valence electrons. The second-order valence-corrected chi connectivity index (χ2v) is 5.24. The van der Waals surface area contributed by atoms with Gasteiger partial charge in [-0.05, 0) is 35.8 Å². The van der Waals surface area contributed by atoms with Crippen LogP contribution in [-0.4, -0.2) is 20.2 Å². The molecule has 1 unspecified atom stereocenters. The molecule has 1 atom stereocenters. The van der Waals surface area contributed by atoms with E-state index >= 15 is 0 Å². The maximum atomic E-state index is 12.1. The molecule has 0 saturated heterocycles. The van der Waals surface area contributed by atoms with Crippen LogP contribution in [0.2, 0.25) is 0 Å². The van der Waals surface area contributed by atoms with Gasteiger partial charge in [0.25, 0.3) is 0 Å². The van der Waals surface area contributed by atoms with E-state index in [2.05, 4.69) is 0 Å². The lowest BCUT2D eigenvalue weighted by Crippen LogP contribution is -2.16. The summed E-state index contributed by atoms with van der Waals surface area (Å²) in [4.78, 5) is 12.1. The van der Waals surface area contributed by atoms with Gasteiger partial charge in [-0.3, -0.25) is 4.79 Å². The van der Waals surface area contributed by atoms with Crippen LogP contribution in [0.15, 0.2) is 36.4 Å². The van der Waals surface area contributed by atoms with E-state index in [-0.39, 0.29) is 11.9 Å². The van der Waals surface area contributed by atoms with Gasteiger partial charge < -0.3 is 9.47 Å². The quantitative estimate of drug-likeness (QED) is 0.797. The summed E-state index contributed by atoms with van der Waals surface area (Å²) in [6.07, 6.45) is 2.19. The van der Waals surface area contributed by atoms with Crippen LogP contribution in [0.3, 0.4) is 0 Å². The van der Waals surface area contributed by atoms with Crippen molar-refractivity contribution in [1.82, 2.24) is 0 Å². The maximum absolute atomic E-state index is 12.1. The molecule has 0 aliphatic heterocycles. The summed E-state index contributed by atoms with van der Waals surface area (Å²) in [7, 11) is 3.13. The number of fused-ring (bicyclic) bond motifs is 1. The van der Waals surface area contributed by atoms with Crippen molar-refractivity contribution in [2.24, 2.45) is 5.92 Å². The molecule has 1 aliphatic carbocycles. The molecule has 2 aromatic rings. The van der Waals surface area contributed by atoms with Crippen LogP contribution < -0.4 is 4.74 Å². The predicted octanol–water partition coefficient (Wildman–Crippen LogP) is 3.52. The van der Waals surface area contributed by atoms with Crippen molar-refractivity contribution in [2.75, 3.05) is 14.2 Å². The minimum absolute atomic E-state index is 0.136. The number of carbonyl (C=O) groups excluding carboxylic acids is 1. The molecule has 0 amide bonds. The lowest BCUT2D eigenvalue weighted by atomic mass is 9.89. The predicted molar refractivity (Wildman–Crippen MR) is 78.0 cm³/mol. The lowest BCUT2D eigenvalue weighted by Gasteiger charge is -2.18. The molecule has 0 heterocycles. The largest absolute Gasteiger partial charge is 0.496 e. The number of benzene rings is 2. The van der Waals surface area contributed by atoms with E-state index in [4.69, 9.17) is 9.47 Å². The second kappa shape index (κ2) is 5.16. The van der Waals surface area contributed by atoms with Crippen LogP contribution >= 0.6 is 0 Å².